The summed E-state index contributed by atoms with van der Waals surface area (Å²) in [7, 11) is 1.70. The number of amides is 1. The molecule has 2 atom stereocenters. The third-order valence-corrected chi connectivity index (χ3v) is 7.28. The Bertz CT molecular complexity index is 967. The molecule has 212 valence electrons. The molecule has 1 aliphatic heterocycles. The van der Waals surface area contributed by atoms with Crippen molar-refractivity contribution in [2.24, 2.45) is 18.9 Å². The van der Waals surface area contributed by atoms with Crippen LogP contribution in [-0.4, -0.2) is 51.0 Å². The van der Waals surface area contributed by atoms with Crippen LogP contribution in [-0.2, 0) is 16.6 Å². The Morgan fingerprint density at radius 3 is 2.45 bits per heavy atom. The Morgan fingerprint density at radius 2 is 1.89 bits per heavy atom. The summed E-state index contributed by atoms with van der Waals surface area (Å²) in [6, 6.07) is 3.59. The molecule has 1 aromatic heterocycles. The van der Waals surface area contributed by atoms with Crippen LogP contribution < -0.4 is 5.32 Å². The first-order valence-electron chi connectivity index (χ1n) is 14.0. The van der Waals surface area contributed by atoms with E-state index < -0.39 is 5.97 Å². The second-order valence-corrected chi connectivity index (χ2v) is 11.3. The number of nitrogens with zero attached hydrogens (tertiary/aromatic N) is 1. The van der Waals surface area contributed by atoms with Crippen LogP contribution in [0.4, 0.5) is 0 Å². The molecule has 1 saturated heterocycles. The lowest BCUT2D eigenvalue weighted by molar-refractivity contribution is -0.117. The highest BCUT2D eigenvalue weighted by atomic mass is 16.5. The molecule has 2 fully saturated rings. The third kappa shape index (κ3) is 11.4. The van der Waals surface area contributed by atoms with Gasteiger partial charge in [-0.1, -0.05) is 36.8 Å². The molecule has 2 heterocycles. The smallest absolute Gasteiger partial charge is 0.352 e. The number of carboxylic acid groups (broad SMARTS) is 1. The average molecular weight is 529 g/mol. The molecule has 1 aromatic rings. The molecular formula is C31H48N2O5. The first-order valence-corrected chi connectivity index (χ1v) is 14.0. The van der Waals surface area contributed by atoms with E-state index >= 15 is 0 Å². The van der Waals surface area contributed by atoms with E-state index in [9.17, 15) is 14.7 Å². The fourth-order valence-corrected chi connectivity index (χ4v) is 5.25. The predicted octanol–water partition coefficient (Wildman–Crippen LogP) is 5.81. The van der Waals surface area contributed by atoms with Gasteiger partial charge in [-0.25, -0.2) is 4.79 Å². The summed E-state index contributed by atoms with van der Waals surface area (Å²) in [5, 5.41) is 21.1. The number of rotatable bonds is 9. The summed E-state index contributed by atoms with van der Waals surface area (Å²) in [5.41, 5.74) is 1.42. The minimum atomic E-state index is -0.887. The van der Waals surface area contributed by atoms with Gasteiger partial charge in [0.1, 0.15) is 5.69 Å². The molecule has 3 rings (SSSR count). The molecule has 0 radical (unpaired) electrons. The predicted molar refractivity (Wildman–Crippen MR) is 152 cm³/mol. The van der Waals surface area contributed by atoms with Crippen molar-refractivity contribution < 1.29 is 24.5 Å². The van der Waals surface area contributed by atoms with Gasteiger partial charge in [0.05, 0.1) is 11.7 Å². The summed E-state index contributed by atoms with van der Waals surface area (Å²) in [5.74, 6) is 0.197. The highest BCUT2D eigenvalue weighted by Crippen LogP contribution is 2.33. The molecule has 7 nitrogen and oxygen atoms in total. The van der Waals surface area contributed by atoms with Gasteiger partial charge in [0.2, 0.25) is 5.91 Å². The number of aliphatic hydroxyl groups is 1. The van der Waals surface area contributed by atoms with E-state index in [0.717, 1.165) is 38.5 Å². The number of hydrogen-bond acceptors (Lipinski definition) is 4. The average Bonchev–Trinajstić information content (AvgIpc) is 3.31. The van der Waals surface area contributed by atoms with Crippen LogP contribution in [0.5, 0.6) is 0 Å². The fourth-order valence-electron chi connectivity index (χ4n) is 5.25. The fraction of sp³-hybridized carbons (Fsp3) is 0.613. The number of aliphatic hydroxyl groups excluding tert-OH is 1. The Kier molecular flexibility index (Phi) is 13.0. The van der Waals surface area contributed by atoms with Gasteiger partial charge in [0.15, 0.2) is 0 Å². The van der Waals surface area contributed by atoms with Crippen molar-refractivity contribution in [3.05, 3.63) is 60.0 Å². The maximum Gasteiger partial charge on any atom is 0.352 e. The first-order chi connectivity index (χ1) is 18.0. The molecule has 2 unspecified atom stereocenters. The monoisotopic (exact) mass is 528 g/mol. The molecule has 1 amide bonds. The van der Waals surface area contributed by atoms with Crippen molar-refractivity contribution >= 4 is 11.9 Å². The number of carbonyl (C=O) groups excluding carboxylic acids is 1. The lowest BCUT2D eigenvalue weighted by Crippen LogP contribution is -2.39. The number of ether oxygens (including phenoxy) is 1. The summed E-state index contributed by atoms with van der Waals surface area (Å²) < 4.78 is 7.71. The van der Waals surface area contributed by atoms with Gasteiger partial charge in [-0.15, -0.1) is 0 Å². The molecule has 0 spiro atoms. The van der Waals surface area contributed by atoms with Crippen molar-refractivity contribution in [1.29, 1.82) is 0 Å². The number of hydrogen-bond donors (Lipinski definition) is 3. The standard InChI is InChI=1S/C25H41NO3.C6H7NO2/c1-5-6-7-24(28)26-22-13-11-20(12-14-22)10-8-19(2)9-15-23-16-21(18-27)17-25(3,4)29-23;1-7-4-2-3-5(7)6(8)9/h6-9,15,20-23,27H,5,10-14,16-18H2,1-4H3,(H,26,28);2-4H,1H3,(H,8,9)/b7-6-,15-9+,19-8+;. The molecule has 38 heavy (non-hydrogen) atoms. The van der Waals surface area contributed by atoms with E-state index in [4.69, 9.17) is 9.84 Å². The molecular weight excluding hydrogens is 480 g/mol. The van der Waals surface area contributed by atoms with Crippen molar-refractivity contribution in [3.8, 4) is 0 Å². The van der Waals surface area contributed by atoms with Gasteiger partial charge in [0.25, 0.3) is 0 Å². The van der Waals surface area contributed by atoms with Gasteiger partial charge in [-0.2, -0.15) is 0 Å². The number of allylic oxidation sites excluding steroid dienone is 4. The molecule has 0 bridgehead atoms. The van der Waals surface area contributed by atoms with E-state index in [1.54, 1.807) is 36.0 Å². The number of aromatic carboxylic acids is 1. The quantitative estimate of drug-likeness (QED) is 0.277. The van der Waals surface area contributed by atoms with Crippen molar-refractivity contribution in [2.45, 2.75) is 96.8 Å². The molecule has 7 heteroatoms. The Hall–Kier alpha value is -2.64. The van der Waals surface area contributed by atoms with Crippen LogP contribution in [0, 0.1) is 11.8 Å². The number of nitrogens with one attached hydrogen (secondary N) is 1. The van der Waals surface area contributed by atoms with Gasteiger partial charge >= 0.3 is 5.97 Å². The highest BCUT2D eigenvalue weighted by molar-refractivity contribution is 5.87. The van der Waals surface area contributed by atoms with Gasteiger partial charge in [-0.05, 0) is 102 Å². The lowest BCUT2D eigenvalue weighted by Gasteiger charge is -2.39. The zero-order valence-electron chi connectivity index (χ0n) is 23.9. The van der Waals surface area contributed by atoms with Crippen LogP contribution in [0.25, 0.3) is 0 Å². The first kappa shape index (κ1) is 31.6. The van der Waals surface area contributed by atoms with Crippen LogP contribution in [0.15, 0.2) is 54.3 Å². The molecule has 1 saturated carbocycles. The van der Waals surface area contributed by atoms with Gasteiger partial charge in [-0.3, -0.25) is 4.79 Å². The van der Waals surface area contributed by atoms with Crippen LogP contribution in [0.3, 0.4) is 0 Å². The molecule has 1 aliphatic carbocycles. The SMILES string of the molecule is CC/C=C\C(=O)NC1CCC(C/C=C(C)/C=C/C2CC(CO)CC(C)(C)O2)CC1.Cn1cccc1C(=O)O. The molecule has 3 N–H and O–H groups in total. The summed E-state index contributed by atoms with van der Waals surface area (Å²) in [6.45, 7) is 8.65. The Labute approximate surface area is 228 Å². The van der Waals surface area contributed by atoms with Crippen LogP contribution in [0.1, 0.15) is 89.5 Å². The largest absolute Gasteiger partial charge is 0.477 e. The molecule has 0 aromatic carbocycles. The normalized spacial score (nSPS) is 25.7. The van der Waals surface area contributed by atoms with Crippen LogP contribution >= 0.6 is 0 Å². The van der Waals surface area contributed by atoms with Crippen molar-refractivity contribution in [1.82, 2.24) is 9.88 Å². The van der Waals surface area contributed by atoms with Crippen LogP contribution in [0.2, 0.25) is 0 Å². The Balaban J connectivity index is 0.000000474. The topological polar surface area (TPSA) is 101 Å². The number of aromatic nitrogens is 1. The van der Waals surface area contributed by atoms with E-state index in [1.807, 2.05) is 13.0 Å². The van der Waals surface area contributed by atoms with E-state index in [2.05, 4.69) is 44.3 Å². The van der Waals surface area contributed by atoms with Gasteiger partial charge < -0.3 is 24.8 Å². The number of carbonyl (C=O) groups is 2. The van der Waals surface area contributed by atoms with Gasteiger partial charge in [0, 0.05) is 25.9 Å². The second-order valence-electron chi connectivity index (χ2n) is 11.3. The zero-order chi connectivity index (χ0) is 28.1. The third-order valence-electron chi connectivity index (χ3n) is 7.28. The molecule has 2 aliphatic rings. The Morgan fingerprint density at radius 1 is 1.18 bits per heavy atom. The lowest BCUT2D eigenvalue weighted by atomic mass is 9.83. The minimum Gasteiger partial charge on any atom is -0.477 e. The highest BCUT2D eigenvalue weighted by Gasteiger charge is 2.33. The summed E-state index contributed by atoms with van der Waals surface area (Å²) in [4.78, 5) is 22.1. The number of aryl methyl sites for hydroxylation is 1. The minimum absolute atomic E-state index is 0.0488. The van der Waals surface area contributed by atoms with E-state index in [-0.39, 0.29) is 24.2 Å². The number of carboxylic acids is 1. The maximum atomic E-state index is 11.8. The summed E-state index contributed by atoms with van der Waals surface area (Å²) >= 11 is 0. The van der Waals surface area contributed by atoms with E-state index in [0.29, 0.717) is 23.6 Å². The second kappa shape index (κ2) is 15.7. The van der Waals surface area contributed by atoms with Crippen molar-refractivity contribution in [2.75, 3.05) is 6.61 Å². The zero-order valence-corrected chi connectivity index (χ0v) is 23.9. The van der Waals surface area contributed by atoms with E-state index in [1.165, 1.54) is 18.4 Å². The maximum absolute atomic E-state index is 11.8. The summed E-state index contributed by atoms with van der Waals surface area (Å²) in [6.07, 6.45) is 20.3. The van der Waals surface area contributed by atoms with Crippen molar-refractivity contribution in [3.63, 3.8) is 0 Å².